The van der Waals surface area contributed by atoms with E-state index in [9.17, 15) is 0 Å². The average molecular weight is 321 g/mol. The van der Waals surface area contributed by atoms with Crippen LogP contribution in [0.1, 0.15) is 11.5 Å². The number of hydrogen-bond acceptors (Lipinski definition) is 8. The summed E-state index contributed by atoms with van der Waals surface area (Å²) in [6.07, 6.45) is 1.99. The molecule has 0 bridgehead atoms. The van der Waals surface area contributed by atoms with Crippen molar-refractivity contribution >= 4 is 22.6 Å². The molecule has 4 rings (SSSR count). The van der Waals surface area contributed by atoms with E-state index in [-0.39, 0.29) is 0 Å². The van der Waals surface area contributed by atoms with Gasteiger partial charge < -0.3 is 19.9 Å². The first kappa shape index (κ1) is 13.9. The Morgan fingerprint density at radius 2 is 2.09 bits per heavy atom. The summed E-state index contributed by atoms with van der Waals surface area (Å²) in [4.78, 5) is 13.4. The van der Waals surface area contributed by atoms with E-state index < -0.39 is 0 Å². The smallest absolute Gasteiger partial charge is 0.233 e. The maximum atomic E-state index is 5.60. The third-order valence-corrected chi connectivity index (χ3v) is 4.96. The van der Waals surface area contributed by atoms with Gasteiger partial charge in [0.2, 0.25) is 11.1 Å². The van der Waals surface area contributed by atoms with E-state index in [0.717, 1.165) is 56.8 Å². The zero-order chi connectivity index (χ0) is 14.9. The molecular weight excluding hydrogens is 302 g/mol. The molecule has 2 aliphatic heterocycles. The minimum Gasteiger partial charge on any atom is -0.372 e. The number of anilines is 2. The Hall–Kier alpha value is -1.71. The molecule has 0 spiro atoms. The van der Waals surface area contributed by atoms with Crippen molar-refractivity contribution in [3.8, 4) is 0 Å². The minimum absolute atomic E-state index is 0.371. The van der Waals surface area contributed by atoms with Crippen LogP contribution in [0.3, 0.4) is 0 Å². The Labute approximate surface area is 132 Å². The number of aromatic nitrogens is 4. The lowest BCUT2D eigenvalue weighted by Crippen LogP contribution is -2.46. The molecule has 22 heavy (non-hydrogen) atoms. The Bertz CT molecular complexity index is 647. The predicted molar refractivity (Wildman–Crippen MR) is 83.7 cm³/mol. The van der Waals surface area contributed by atoms with Crippen LogP contribution in [0.5, 0.6) is 0 Å². The van der Waals surface area contributed by atoms with Crippen molar-refractivity contribution in [2.24, 2.45) is 0 Å². The Kier molecular flexibility index (Phi) is 3.68. The lowest BCUT2D eigenvalue weighted by atomic mass is 10.3. The van der Waals surface area contributed by atoms with Gasteiger partial charge in [0.1, 0.15) is 12.4 Å². The molecule has 118 valence electrons. The van der Waals surface area contributed by atoms with E-state index in [2.05, 4.69) is 28.7 Å². The molecule has 0 radical (unpaired) electrons. The summed E-state index contributed by atoms with van der Waals surface area (Å²) in [5, 5.41) is 0.927. The lowest BCUT2D eigenvalue weighted by Gasteiger charge is -2.34. The molecule has 1 saturated heterocycles. The van der Waals surface area contributed by atoms with E-state index in [1.807, 2.05) is 6.20 Å². The maximum absolute atomic E-state index is 5.60. The molecule has 4 heterocycles. The number of hydrogen-bond donors (Lipinski definition) is 1. The number of rotatable bonds is 3. The Morgan fingerprint density at radius 1 is 1.23 bits per heavy atom. The van der Waals surface area contributed by atoms with Crippen LogP contribution in [-0.4, -0.2) is 56.6 Å². The number of ether oxygens (including phenoxy) is 1. The van der Waals surface area contributed by atoms with Gasteiger partial charge >= 0.3 is 0 Å². The van der Waals surface area contributed by atoms with Gasteiger partial charge in [0.25, 0.3) is 0 Å². The SMILES string of the molecule is Nc1nsc(N2CCN(Cc3cnc4n3CCOC4)CC2)n1. The molecule has 1 fully saturated rings. The van der Waals surface area contributed by atoms with Gasteiger partial charge in [-0.15, -0.1) is 0 Å². The van der Waals surface area contributed by atoms with E-state index in [0.29, 0.717) is 12.6 Å². The largest absolute Gasteiger partial charge is 0.372 e. The first-order chi connectivity index (χ1) is 10.8. The van der Waals surface area contributed by atoms with Crippen LogP contribution in [-0.2, 0) is 24.4 Å². The normalized spacial score (nSPS) is 19.4. The van der Waals surface area contributed by atoms with Gasteiger partial charge in [-0.25, -0.2) is 4.98 Å². The van der Waals surface area contributed by atoms with Crippen molar-refractivity contribution in [3.63, 3.8) is 0 Å². The van der Waals surface area contributed by atoms with E-state index >= 15 is 0 Å². The van der Waals surface area contributed by atoms with Crippen LogP contribution in [0.4, 0.5) is 11.1 Å². The van der Waals surface area contributed by atoms with Gasteiger partial charge in [0.05, 0.1) is 12.3 Å². The van der Waals surface area contributed by atoms with Crippen molar-refractivity contribution in [2.45, 2.75) is 19.7 Å². The third kappa shape index (κ3) is 2.67. The molecule has 9 heteroatoms. The van der Waals surface area contributed by atoms with E-state index in [1.54, 1.807) is 0 Å². The second-order valence-electron chi connectivity index (χ2n) is 5.57. The minimum atomic E-state index is 0.371. The van der Waals surface area contributed by atoms with Gasteiger partial charge in [-0.1, -0.05) is 0 Å². The molecule has 2 N–H and O–H groups in total. The van der Waals surface area contributed by atoms with Crippen molar-refractivity contribution in [1.29, 1.82) is 0 Å². The Balaban J connectivity index is 1.37. The standard InChI is InChI=1S/C13H19N7OS/c14-12-16-13(22-17-12)19-3-1-18(2-4-19)8-10-7-15-11-9-21-6-5-20(10)11/h7H,1-6,8-9H2,(H2,14,17). The highest BCUT2D eigenvalue weighted by atomic mass is 32.1. The summed E-state index contributed by atoms with van der Waals surface area (Å²) in [5.41, 5.74) is 6.88. The van der Waals surface area contributed by atoms with Gasteiger partial charge in [-0.3, -0.25) is 4.90 Å². The van der Waals surface area contributed by atoms with Gasteiger partial charge in [0, 0.05) is 57.0 Å². The predicted octanol–water partition coefficient (Wildman–Crippen LogP) is 0.169. The number of fused-ring (bicyclic) bond motifs is 1. The molecule has 0 unspecified atom stereocenters. The van der Waals surface area contributed by atoms with Crippen LogP contribution in [0, 0.1) is 0 Å². The molecular formula is C13H19N7OS. The molecule has 0 saturated carbocycles. The zero-order valence-corrected chi connectivity index (χ0v) is 13.1. The fourth-order valence-electron chi connectivity index (χ4n) is 2.97. The molecule has 0 atom stereocenters. The average Bonchev–Trinajstić information content (AvgIpc) is 3.15. The summed E-state index contributed by atoms with van der Waals surface area (Å²) in [7, 11) is 0. The van der Waals surface area contributed by atoms with Gasteiger partial charge in [-0.2, -0.15) is 9.36 Å². The van der Waals surface area contributed by atoms with Crippen LogP contribution in [0.2, 0.25) is 0 Å². The number of nitrogen functional groups attached to an aromatic ring is 1. The van der Waals surface area contributed by atoms with Crippen LogP contribution >= 0.6 is 11.5 Å². The summed E-state index contributed by atoms with van der Waals surface area (Å²) in [6, 6.07) is 0. The third-order valence-electron chi connectivity index (χ3n) is 4.17. The van der Waals surface area contributed by atoms with Gasteiger partial charge in [-0.05, 0) is 0 Å². The highest BCUT2D eigenvalue weighted by Crippen LogP contribution is 2.21. The second kappa shape index (κ2) is 5.82. The van der Waals surface area contributed by atoms with Crippen molar-refractivity contribution in [1.82, 2.24) is 23.8 Å². The molecule has 8 nitrogen and oxygen atoms in total. The van der Waals surface area contributed by atoms with Crippen molar-refractivity contribution < 1.29 is 4.74 Å². The molecule has 0 aliphatic carbocycles. The number of imidazole rings is 1. The topological polar surface area (TPSA) is 85.3 Å². The number of piperazine rings is 1. The molecule has 0 aromatic carbocycles. The first-order valence-corrected chi connectivity index (χ1v) is 8.24. The molecule has 2 aliphatic rings. The highest BCUT2D eigenvalue weighted by Gasteiger charge is 2.22. The summed E-state index contributed by atoms with van der Waals surface area (Å²) in [6.45, 7) is 7.20. The number of nitrogens with zero attached hydrogens (tertiary/aromatic N) is 6. The highest BCUT2D eigenvalue weighted by molar-refractivity contribution is 7.09. The first-order valence-electron chi connectivity index (χ1n) is 7.47. The Morgan fingerprint density at radius 3 is 2.86 bits per heavy atom. The second-order valence-corrected chi connectivity index (χ2v) is 6.30. The maximum Gasteiger partial charge on any atom is 0.233 e. The van der Waals surface area contributed by atoms with E-state index in [4.69, 9.17) is 10.5 Å². The van der Waals surface area contributed by atoms with E-state index in [1.165, 1.54) is 17.2 Å². The molecule has 0 amide bonds. The lowest BCUT2D eigenvalue weighted by molar-refractivity contribution is 0.0795. The summed E-state index contributed by atoms with van der Waals surface area (Å²) in [5.74, 6) is 1.42. The fraction of sp³-hybridized carbons (Fsp3) is 0.615. The van der Waals surface area contributed by atoms with Crippen LogP contribution in [0.25, 0.3) is 0 Å². The summed E-state index contributed by atoms with van der Waals surface area (Å²) < 4.78 is 11.8. The monoisotopic (exact) mass is 321 g/mol. The number of nitrogens with two attached hydrogens (primary N) is 1. The van der Waals surface area contributed by atoms with Crippen molar-refractivity contribution in [2.75, 3.05) is 43.4 Å². The van der Waals surface area contributed by atoms with Crippen LogP contribution < -0.4 is 10.6 Å². The van der Waals surface area contributed by atoms with Gasteiger partial charge in [0.15, 0.2) is 0 Å². The molecule has 2 aromatic heterocycles. The zero-order valence-electron chi connectivity index (χ0n) is 12.3. The van der Waals surface area contributed by atoms with Crippen molar-refractivity contribution in [3.05, 3.63) is 17.7 Å². The fourth-order valence-corrected chi connectivity index (χ4v) is 3.62. The van der Waals surface area contributed by atoms with Crippen LogP contribution in [0.15, 0.2) is 6.20 Å². The molecule has 2 aromatic rings. The summed E-state index contributed by atoms with van der Waals surface area (Å²) >= 11 is 1.37. The quantitative estimate of drug-likeness (QED) is 0.862.